The van der Waals surface area contributed by atoms with Crippen LogP contribution in [0.1, 0.15) is 11.1 Å². The molecule has 0 unspecified atom stereocenters. The van der Waals surface area contributed by atoms with Gasteiger partial charge in [-0.3, -0.25) is 0 Å². The zero-order valence-electron chi connectivity index (χ0n) is 10.8. The monoisotopic (exact) mass is 342 g/mol. The lowest BCUT2D eigenvalue weighted by Crippen LogP contribution is -2.06. The van der Waals surface area contributed by atoms with Gasteiger partial charge in [-0.15, -0.1) is 0 Å². The van der Waals surface area contributed by atoms with Gasteiger partial charge in [-0.05, 0) is 45.8 Å². The van der Waals surface area contributed by atoms with Gasteiger partial charge in [0.25, 0.3) is 0 Å². The van der Waals surface area contributed by atoms with Gasteiger partial charge in [0, 0.05) is 0 Å². The van der Waals surface area contributed by atoms with E-state index in [1.54, 1.807) is 31.4 Å². The third kappa shape index (κ3) is 3.70. The van der Waals surface area contributed by atoms with E-state index in [1.807, 2.05) is 12.1 Å². The van der Waals surface area contributed by atoms with Crippen LogP contribution in [0.25, 0.3) is 0 Å². The quantitative estimate of drug-likeness (QED) is 0.732. The van der Waals surface area contributed by atoms with Crippen molar-refractivity contribution in [1.29, 1.82) is 0 Å². The van der Waals surface area contributed by atoms with Crippen molar-refractivity contribution in [3.8, 4) is 11.5 Å². The van der Waals surface area contributed by atoms with Crippen LogP contribution in [-0.2, 0) is 11.4 Å². The molecule has 0 radical (unpaired) electrons. The van der Waals surface area contributed by atoms with Crippen LogP contribution in [0.15, 0.2) is 48.5 Å². The van der Waals surface area contributed by atoms with E-state index in [2.05, 4.69) is 15.9 Å². The van der Waals surface area contributed by atoms with Gasteiger partial charge in [-0.2, -0.15) is 8.78 Å². The summed E-state index contributed by atoms with van der Waals surface area (Å²) in [5.41, 5.74) is 0.687. The Morgan fingerprint density at radius 3 is 2.30 bits per heavy atom. The molecule has 2 rings (SSSR count). The maximum absolute atomic E-state index is 13.4. The van der Waals surface area contributed by atoms with Gasteiger partial charge in [-0.25, -0.2) is 0 Å². The molecule has 0 saturated carbocycles. The molecule has 2 aromatic rings. The van der Waals surface area contributed by atoms with Gasteiger partial charge in [0.1, 0.15) is 18.1 Å². The van der Waals surface area contributed by atoms with Crippen molar-refractivity contribution in [3.05, 3.63) is 59.7 Å². The summed E-state index contributed by atoms with van der Waals surface area (Å²) in [7, 11) is 1.58. The number of benzene rings is 2. The van der Waals surface area contributed by atoms with Crippen LogP contribution in [0.3, 0.4) is 0 Å². The Kier molecular flexibility index (Phi) is 4.60. The maximum atomic E-state index is 13.4. The minimum Gasteiger partial charge on any atom is -0.497 e. The zero-order chi connectivity index (χ0) is 14.6. The first-order chi connectivity index (χ1) is 9.50. The highest BCUT2D eigenvalue weighted by molar-refractivity contribution is 9.09. The van der Waals surface area contributed by atoms with Crippen LogP contribution >= 0.6 is 15.9 Å². The van der Waals surface area contributed by atoms with Crippen LogP contribution in [0.2, 0.25) is 0 Å². The van der Waals surface area contributed by atoms with Crippen LogP contribution in [-0.4, -0.2) is 7.11 Å². The highest BCUT2D eigenvalue weighted by Gasteiger charge is 2.30. The summed E-state index contributed by atoms with van der Waals surface area (Å²) >= 11 is 2.35. The number of hydrogen-bond acceptors (Lipinski definition) is 2. The van der Waals surface area contributed by atoms with Crippen molar-refractivity contribution in [2.75, 3.05) is 7.11 Å². The van der Waals surface area contributed by atoms with Crippen LogP contribution in [0, 0.1) is 0 Å². The number of ether oxygens (including phenoxy) is 2. The second-order valence-corrected chi connectivity index (χ2v) is 5.13. The summed E-state index contributed by atoms with van der Waals surface area (Å²) in [6.07, 6.45) is 0. The van der Waals surface area contributed by atoms with E-state index in [0.717, 1.165) is 11.3 Å². The molecule has 2 nitrogen and oxygen atoms in total. The Morgan fingerprint density at radius 1 is 1.05 bits per heavy atom. The first-order valence-electron chi connectivity index (χ1n) is 5.92. The van der Waals surface area contributed by atoms with Gasteiger partial charge >= 0.3 is 4.83 Å². The third-order valence-electron chi connectivity index (χ3n) is 2.75. The van der Waals surface area contributed by atoms with Gasteiger partial charge < -0.3 is 9.47 Å². The van der Waals surface area contributed by atoms with Crippen molar-refractivity contribution in [2.24, 2.45) is 0 Å². The molecule has 0 saturated heterocycles. The summed E-state index contributed by atoms with van der Waals surface area (Å²) < 4.78 is 37.2. The maximum Gasteiger partial charge on any atom is 0.330 e. The Balaban J connectivity index is 2.10. The van der Waals surface area contributed by atoms with Crippen molar-refractivity contribution < 1.29 is 18.3 Å². The summed E-state index contributed by atoms with van der Waals surface area (Å²) in [5.74, 6) is 0.895. The van der Waals surface area contributed by atoms with E-state index in [1.165, 1.54) is 12.1 Å². The van der Waals surface area contributed by atoms with Crippen LogP contribution in [0.5, 0.6) is 11.5 Å². The number of hydrogen-bond donors (Lipinski definition) is 0. The summed E-state index contributed by atoms with van der Waals surface area (Å²) in [6, 6.07) is 13.3. The van der Waals surface area contributed by atoms with Crippen LogP contribution < -0.4 is 9.47 Å². The number of methoxy groups -OCH3 is 1. The van der Waals surface area contributed by atoms with Gasteiger partial charge in [0.15, 0.2) is 0 Å². The van der Waals surface area contributed by atoms with E-state index < -0.39 is 4.83 Å². The fourth-order valence-corrected chi connectivity index (χ4v) is 2.04. The minimum absolute atomic E-state index is 0.158. The molecule has 20 heavy (non-hydrogen) atoms. The lowest BCUT2D eigenvalue weighted by Gasteiger charge is -2.15. The molecule has 0 atom stereocenters. The number of rotatable bonds is 5. The SMILES string of the molecule is COc1ccc(COc2ccccc2C(F)(F)Br)cc1. The largest absolute Gasteiger partial charge is 0.497 e. The number of para-hydroxylation sites is 1. The molecule has 0 bridgehead atoms. The number of halogens is 3. The fraction of sp³-hybridized carbons (Fsp3) is 0.200. The van der Waals surface area contributed by atoms with Gasteiger partial charge in [0.05, 0.1) is 12.7 Å². The molecule has 0 aliphatic carbocycles. The molecule has 0 spiro atoms. The predicted octanol–water partition coefficient (Wildman–Crippen LogP) is 4.72. The fourth-order valence-electron chi connectivity index (χ4n) is 1.71. The highest BCUT2D eigenvalue weighted by atomic mass is 79.9. The number of alkyl halides is 3. The molecule has 0 aliphatic rings. The lowest BCUT2D eigenvalue weighted by molar-refractivity contribution is 0.109. The molecule has 0 fully saturated rings. The first-order valence-corrected chi connectivity index (χ1v) is 6.72. The molecule has 106 valence electrons. The van der Waals surface area contributed by atoms with Crippen LogP contribution in [0.4, 0.5) is 8.78 Å². The molecular weight excluding hydrogens is 330 g/mol. The van der Waals surface area contributed by atoms with Crippen molar-refractivity contribution >= 4 is 15.9 Å². The van der Waals surface area contributed by atoms with Crippen molar-refractivity contribution in [2.45, 2.75) is 11.4 Å². The first kappa shape index (κ1) is 14.8. The Hall–Kier alpha value is -1.62. The predicted molar refractivity (Wildman–Crippen MR) is 76.6 cm³/mol. The molecule has 0 N–H and O–H groups in total. The Bertz CT molecular complexity index is 565. The second-order valence-electron chi connectivity index (χ2n) is 4.13. The normalized spacial score (nSPS) is 11.2. The molecule has 0 amide bonds. The van der Waals surface area contributed by atoms with E-state index >= 15 is 0 Å². The van der Waals surface area contributed by atoms with Crippen molar-refractivity contribution in [1.82, 2.24) is 0 Å². The molecule has 5 heteroatoms. The van der Waals surface area contributed by atoms with Gasteiger partial charge in [0.2, 0.25) is 0 Å². The van der Waals surface area contributed by atoms with E-state index in [-0.39, 0.29) is 17.9 Å². The van der Waals surface area contributed by atoms with Gasteiger partial charge in [-0.1, -0.05) is 24.3 Å². The smallest absolute Gasteiger partial charge is 0.330 e. The summed E-state index contributed by atoms with van der Waals surface area (Å²) in [4.78, 5) is -3.11. The van der Waals surface area contributed by atoms with E-state index in [4.69, 9.17) is 9.47 Å². The lowest BCUT2D eigenvalue weighted by atomic mass is 10.2. The average molecular weight is 343 g/mol. The van der Waals surface area contributed by atoms with E-state index in [9.17, 15) is 8.78 Å². The second kappa shape index (κ2) is 6.22. The minimum atomic E-state index is -3.11. The molecule has 0 aromatic heterocycles. The molecular formula is C15H13BrF2O2. The molecule has 0 heterocycles. The third-order valence-corrected chi connectivity index (χ3v) is 3.17. The highest BCUT2D eigenvalue weighted by Crippen LogP contribution is 2.40. The molecule has 2 aromatic carbocycles. The standard InChI is InChI=1S/C15H13BrF2O2/c1-19-12-8-6-11(7-9-12)10-20-14-5-3-2-4-13(14)15(16,17)18/h2-9H,10H2,1H3. The Morgan fingerprint density at radius 2 is 1.70 bits per heavy atom. The average Bonchev–Trinajstić information content (AvgIpc) is 2.45. The summed E-state index contributed by atoms with van der Waals surface area (Å²) in [6.45, 7) is 0.212. The van der Waals surface area contributed by atoms with E-state index in [0.29, 0.717) is 0 Å². The zero-order valence-corrected chi connectivity index (χ0v) is 12.4. The van der Waals surface area contributed by atoms with Crippen molar-refractivity contribution in [3.63, 3.8) is 0 Å². The Labute approximate surface area is 124 Å². The summed E-state index contributed by atoms with van der Waals surface area (Å²) in [5, 5.41) is 0. The topological polar surface area (TPSA) is 18.5 Å². The molecule has 0 aliphatic heterocycles.